The first kappa shape index (κ1) is 36.7. The molecule has 0 amide bonds. The minimum absolute atomic E-state index is 0.830. The summed E-state index contributed by atoms with van der Waals surface area (Å²) in [5.74, 6) is 0.855. The van der Waals surface area contributed by atoms with Gasteiger partial charge >= 0.3 is 0 Å². The van der Waals surface area contributed by atoms with Crippen molar-refractivity contribution >= 4 is 50.6 Å². The highest BCUT2D eigenvalue weighted by atomic mass is 16.3. The first-order chi connectivity index (χ1) is 29.7. The summed E-state index contributed by atoms with van der Waals surface area (Å²) in [6.45, 7) is 2.09. The maximum absolute atomic E-state index is 7.19. The smallest absolute Gasteiger partial charge is 0.159 e. The third-order valence-electron chi connectivity index (χ3n) is 11.6. The van der Waals surface area contributed by atoms with E-state index in [4.69, 9.17) is 4.42 Å². The van der Waals surface area contributed by atoms with Gasteiger partial charge < -0.3 is 14.3 Å². The summed E-state index contributed by atoms with van der Waals surface area (Å²) in [5.41, 5.74) is 16.7. The molecular formula is C57H44N2O. The molecule has 1 aliphatic rings. The lowest BCUT2D eigenvalue weighted by Gasteiger charge is -2.26. The van der Waals surface area contributed by atoms with Crippen molar-refractivity contribution in [1.29, 1.82) is 0 Å². The Morgan fingerprint density at radius 2 is 1.18 bits per heavy atom. The number of furan rings is 1. The number of aromatic nitrogens is 1. The Kier molecular flexibility index (Phi) is 9.99. The summed E-state index contributed by atoms with van der Waals surface area (Å²) < 4.78 is 7.19. The summed E-state index contributed by atoms with van der Waals surface area (Å²) in [6, 6.07) is 69.2. The van der Waals surface area contributed by atoms with Gasteiger partial charge in [-0.3, -0.25) is 0 Å². The maximum atomic E-state index is 7.19. The van der Waals surface area contributed by atoms with Gasteiger partial charge in [-0.2, -0.15) is 0 Å². The summed E-state index contributed by atoms with van der Waals surface area (Å²) in [4.78, 5) is 5.87. The van der Waals surface area contributed by atoms with E-state index in [0.29, 0.717) is 0 Å². The van der Waals surface area contributed by atoms with Crippen LogP contribution >= 0.6 is 0 Å². The fourth-order valence-electron chi connectivity index (χ4n) is 8.65. The van der Waals surface area contributed by atoms with Crippen molar-refractivity contribution in [2.24, 2.45) is 0 Å². The molecule has 0 radical (unpaired) electrons. The van der Waals surface area contributed by atoms with Gasteiger partial charge in [-0.05, 0) is 113 Å². The van der Waals surface area contributed by atoms with E-state index < -0.39 is 0 Å². The van der Waals surface area contributed by atoms with Crippen LogP contribution in [0.4, 0.5) is 17.1 Å². The topological polar surface area (TPSA) is 32.2 Å². The molecule has 60 heavy (non-hydrogen) atoms. The third kappa shape index (κ3) is 7.01. The lowest BCUT2D eigenvalue weighted by molar-refractivity contribution is 0.602. The zero-order valence-electron chi connectivity index (χ0n) is 33.6. The van der Waals surface area contributed by atoms with Crippen LogP contribution in [0, 0.1) is 0 Å². The van der Waals surface area contributed by atoms with Crippen molar-refractivity contribution in [3.8, 4) is 33.4 Å². The van der Waals surface area contributed by atoms with Crippen LogP contribution in [0.3, 0.4) is 0 Å². The quantitative estimate of drug-likeness (QED) is 0.167. The lowest BCUT2D eigenvalue weighted by Crippen LogP contribution is -2.10. The van der Waals surface area contributed by atoms with Gasteiger partial charge in [-0.1, -0.05) is 164 Å². The molecule has 3 nitrogen and oxygen atoms in total. The summed E-state index contributed by atoms with van der Waals surface area (Å²) in [7, 11) is 0. The highest BCUT2D eigenvalue weighted by Gasteiger charge is 2.25. The van der Waals surface area contributed by atoms with Gasteiger partial charge in [0, 0.05) is 45.0 Å². The van der Waals surface area contributed by atoms with Gasteiger partial charge in [0.25, 0.3) is 0 Å². The van der Waals surface area contributed by atoms with Gasteiger partial charge in [0.05, 0.1) is 5.69 Å². The molecule has 0 atom stereocenters. The Labute approximate surface area is 351 Å². The van der Waals surface area contributed by atoms with Crippen LogP contribution < -0.4 is 4.90 Å². The van der Waals surface area contributed by atoms with Crippen LogP contribution in [-0.4, -0.2) is 4.98 Å². The normalized spacial score (nSPS) is 12.3. The Hall–Kier alpha value is -7.62. The van der Waals surface area contributed by atoms with E-state index in [1.807, 2.05) is 6.20 Å². The number of anilines is 3. The molecule has 0 saturated heterocycles. The van der Waals surface area contributed by atoms with Crippen LogP contribution in [0.5, 0.6) is 0 Å². The van der Waals surface area contributed by atoms with E-state index in [2.05, 4.69) is 229 Å². The van der Waals surface area contributed by atoms with Gasteiger partial charge in [-0.15, -0.1) is 0 Å². The van der Waals surface area contributed by atoms with Crippen LogP contribution in [0.1, 0.15) is 35.8 Å². The van der Waals surface area contributed by atoms with Gasteiger partial charge in [0.2, 0.25) is 0 Å². The first-order valence-electron chi connectivity index (χ1n) is 20.8. The van der Waals surface area contributed by atoms with Crippen LogP contribution in [0.25, 0.3) is 66.9 Å². The van der Waals surface area contributed by atoms with E-state index in [1.165, 1.54) is 33.2 Å². The monoisotopic (exact) mass is 772 g/mol. The minimum Gasteiger partial charge on any atom is -0.453 e. The summed E-state index contributed by atoms with van der Waals surface area (Å²) in [6.07, 6.45) is 10.8. The maximum Gasteiger partial charge on any atom is 0.159 e. The number of hydrogen-bond donors (Lipinski definition) is 1. The zero-order chi connectivity index (χ0) is 40.3. The number of allylic oxidation sites excluding steroid dienone is 2. The van der Waals surface area contributed by atoms with Gasteiger partial charge in [-0.25, -0.2) is 0 Å². The summed E-state index contributed by atoms with van der Waals surface area (Å²) >= 11 is 0. The number of aromatic amines is 1. The molecule has 2 heterocycles. The van der Waals surface area contributed by atoms with Crippen LogP contribution in [0.15, 0.2) is 217 Å². The van der Waals surface area contributed by atoms with Crippen molar-refractivity contribution in [3.63, 3.8) is 0 Å². The second-order valence-electron chi connectivity index (χ2n) is 15.2. The Morgan fingerprint density at radius 1 is 0.567 bits per heavy atom. The molecule has 0 aliphatic heterocycles. The Balaban J connectivity index is 1.14. The molecule has 2 aromatic heterocycles. The minimum atomic E-state index is 0.830. The molecule has 0 fully saturated rings. The van der Waals surface area contributed by atoms with E-state index in [0.717, 1.165) is 80.0 Å². The van der Waals surface area contributed by atoms with Crippen molar-refractivity contribution in [3.05, 3.63) is 235 Å². The lowest BCUT2D eigenvalue weighted by atomic mass is 9.93. The second kappa shape index (κ2) is 16.3. The Morgan fingerprint density at radius 3 is 1.88 bits per heavy atom. The van der Waals surface area contributed by atoms with E-state index in [9.17, 15) is 0 Å². The summed E-state index contributed by atoms with van der Waals surface area (Å²) in [5, 5.41) is 2.31. The average molecular weight is 773 g/mol. The molecule has 0 unspecified atom stereocenters. The second-order valence-corrected chi connectivity index (χ2v) is 15.2. The number of nitrogens with one attached hydrogen (secondary N) is 1. The molecule has 1 aliphatic carbocycles. The SMILES string of the molecule is C/C=C(/c1ccccc1)c1oc2c(N(c3ccc(-c4ccccc4)cc3)c3ccc(-c4ccc5[nH]ccccc6c(c5c4)CCC=C6)cc3)cccc2c1-c1ccccc1. The van der Waals surface area contributed by atoms with Crippen molar-refractivity contribution in [2.45, 2.75) is 19.8 Å². The molecule has 9 aromatic rings. The molecule has 3 heteroatoms. The van der Waals surface area contributed by atoms with Crippen LogP contribution in [-0.2, 0) is 6.42 Å². The van der Waals surface area contributed by atoms with E-state index >= 15 is 0 Å². The third-order valence-corrected chi connectivity index (χ3v) is 11.6. The van der Waals surface area contributed by atoms with E-state index in [1.54, 1.807) is 0 Å². The van der Waals surface area contributed by atoms with E-state index in [-0.39, 0.29) is 0 Å². The number of para-hydroxylation sites is 1. The highest BCUT2D eigenvalue weighted by molar-refractivity contribution is 6.07. The Bertz CT molecular complexity index is 3060. The predicted molar refractivity (Wildman–Crippen MR) is 253 cm³/mol. The number of aryl methyl sites for hydroxylation is 1. The number of fused-ring (bicyclic) bond motifs is 4. The fraction of sp³-hybridized carbons (Fsp3) is 0.0526. The molecule has 288 valence electrons. The van der Waals surface area contributed by atoms with Crippen molar-refractivity contribution in [1.82, 2.24) is 4.98 Å². The number of nitrogens with zero attached hydrogens (tertiary/aromatic N) is 1. The molecule has 1 N–H and O–H groups in total. The molecule has 0 spiro atoms. The largest absolute Gasteiger partial charge is 0.453 e. The fourth-order valence-corrected chi connectivity index (χ4v) is 8.65. The number of hydrogen-bond acceptors (Lipinski definition) is 2. The standard InChI is InChI=1S/C57H44N2O/c1-2-49(43-19-8-4-9-20-43)57-55(45-23-10-5-11-24-45)51-26-16-27-54(56(51)60-57)59(47-33-28-41(29-34-47)40-17-6-3-7-18-40)48-35-30-42(31-36-48)46-32-37-53-52(39-46)50-25-13-12-21-44(50)22-14-15-38-58-53/h2-12,14-24,26-39,58H,13,25H2,1H3/b22-14?,38-15?,49-2-. The average Bonchev–Trinajstić information content (AvgIpc) is 3.74. The molecule has 0 bridgehead atoms. The molecule has 0 saturated carbocycles. The number of H-pyrrole nitrogens is 1. The van der Waals surface area contributed by atoms with Crippen molar-refractivity contribution in [2.75, 3.05) is 4.90 Å². The van der Waals surface area contributed by atoms with Crippen LogP contribution in [0.2, 0.25) is 0 Å². The molecular weight excluding hydrogens is 729 g/mol. The molecule has 7 aromatic carbocycles. The highest BCUT2D eigenvalue weighted by Crippen LogP contribution is 2.47. The molecule has 10 rings (SSSR count). The predicted octanol–water partition coefficient (Wildman–Crippen LogP) is 15.9. The zero-order valence-corrected chi connectivity index (χ0v) is 33.6. The first-order valence-corrected chi connectivity index (χ1v) is 20.8. The number of benzene rings is 7. The number of rotatable bonds is 8. The van der Waals surface area contributed by atoms with Gasteiger partial charge in [0.15, 0.2) is 5.58 Å². The van der Waals surface area contributed by atoms with Crippen molar-refractivity contribution < 1.29 is 4.42 Å². The van der Waals surface area contributed by atoms with Gasteiger partial charge in [0.1, 0.15) is 5.76 Å².